The number of rotatable bonds is 4. The zero-order chi connectivity index (χ0) is 14.1. The van der Waals surface area contributed by atoms with Crippen LogP contribution in [0.25, 0.3) is 16.8 Å². The molecule has 0 aliphatic rings. The van der Waals surface area contributed by atoms with E-state index in [1.165, 1.54) is 5.03 Å². The number of imidazole rings is 2. The highest BCUT2D eigenvalue weighted by molar-refractivity contribution is 7.99. The maximum Gasteiger partial charge on any atom is 0.236 e. The van der Waals surface area contributed by atoms with Gasteiger partial charge in [-0.15, -0.1) is 11.8 Å². The number of thioether (sulfide) groups is 1. The molecule has 3 rings (SSSR count). The molecule has 20 heavy (non-hydrogen) atoms. The van der Waals surface area contributed by atoms with Gasteiger partial charge in [0, 0.05) is 12.3 Å². The summed E-state index contributed by atoms with van der Waals surface area (Å²) in [6.45, 7) is 3.11. The molecule has 0 aliphatic heterocycles. The Kier molecular flexibility index (Phi) is 3.63. The van der Waals surface area contributed by atoms with Gasteiger partial charge >= 0.3 is 0 Å². The van der Waals surface area contributed by atoms with Gasteiger partial charge in [-0.3, -0.25) is 4.40 Å². The lowest BCUT2D eigenvalue weighted by atomic mass is 10.4. The summed E-state index contributed by atoms with van der Waals surface area (Å²) in [5.41, 5.74) is 3.18. The highest BCUT2D eigenvalue weighted by Gasteiger charge is 2.14. The van der Waals surface area contributed by atoms with Crippen molar-refractivity contribution in [1.82, 2.24) is 19.3 Å². The van der Waals surface area contributed by atoms with Crippen molar-refractivity contribution in [3.05, 3.63) is 36.0 Å². The topological polar surface area (TPSA) is 33.4 Å². The number of fused-ring (bicyclic) bond motifs is 3. The van der Waals surface area contributed by atoms with E-state index in [-0.39, 0.29) is 0 Å². The van der Waals surface area contributed by atoms with E-state index in [9.17, 15) is 0 Å². The van der Waals surface area contributed by atoms with E-state index < -0.39 is 0 Å². The van der Waals surface area contributed by atoms with Crippen LogP contribution >= 0.6 is 11.8 Å². The van der Waals surface area contributed by atoms with Gasteiger partial charge in [-0.05, 0) is 33.2 Å². The fourth-order valence-electron chi connectivity index (χ4n) is 2.21. The second kappa shape index (κ2) is 5.42. The predicted octanol–water partition coefficient (Wildman–Crippen LogP) is 2.84. The van der Waals surface area contributed by atoms with Crippen molar-refractivity contribution in [2.45, 2.75) is 11.9 Å². The van der Waals surface area contributed by atoms with Crippen molar-refractivity contribution in [2.24, 2.45) is 0 Å². The Morgan fingerprint density at radius 2 is 1.95 bits per heavy atom. The third kappa shape index (κ3) is 2.39. The first-order valence-corrected chi connectivity index (χ1v) is 7.66. The van der Waals surface area contributed by atoms with E-state index in [4.69, 9.17) is 0 Å². The molecule has 4 nitrogen and oxygen atoms in total. The van der Waals surface area contributed by atoms with Gasteiger partial charge in [-0.25, -0.2) is 9.97 Å². The number of aryl methyl sites for hydroxylation is 1. The fourth-order valence-corrected chi connectivity index (χ4v) is 3.42. The van der Waals surface area contributed by atoms with Crippen molar-refractivity contribution >= 4 is 28.6 Å². The van der Waals surface area contributed by atoms with E-state index in [1.807, 2.05) is 36.0 Å². The SMILES string of the molecule is Cc1nc2nc3cccccc3n2c1SCCN(C)C. The third-order valence-corrected chi connectivity index (χ3v) is 4.35. The van der Waals surface area contributed by atoms with Crippen molar-refractivity contribution in [3.63, 3.8) is 0 Å². The second-order valence-electron chi connectivity index (χ2n) is 5.08. The molecule has 0 N–H and O–H groups in total. The lowest BCUT2D eigenvalue weighted by Crippen LogP contribution is -2.14. The molecule has 0 unspecified atom stereocenters. The Hall–Kier alpha value is -1.59. The molecule has 3 aromatic rings. The van der Waals surface area contributed by atoms with Crippen molar-refractivity contribution in [2.75, 3.05) is 26.4 Å². The summed E-state index contributed by atoms with van der Waals surface area (Å²) in [7, 11) is 4.19. The average molecular weight is 286 g/mol. The van der Waals surface area contributed by atoms with Crippen LogP contribution in [0.5, 0.6) is 0 Å². The normalized spacial score (nSPS) is 11.8. The molecule has 5 heteroatoms. The molecule has 0 atom stereocenters. The largest absolute Gasteiger partial charge is 0.309 e. The predicted molar refractivity (Wildman–Crippen MR) is 84.5 cm³/mol. The van der Waals surface area contributed by atoms with Crippen molar-refractivity contribution < 1.29 is 0 Å². The highest BCUT2D eigenvalue weighted by atomic mass is 32.2. The summed E-state index contributed by atoms with van der Waals surface area (Å²) >= 11 is 1.85. The molecular weight excluding hydrogens is 268 g/mol. The average Bonchev–Trinajstić information content (AvgIpc) is 2.76. The van der Waals surface area contributed by atoms with Gasteiger partial charge < -0.3 is 4.90 Å². The maximum absolute atomic E-state index is 4.61. The zero-order valence-electron chi connectivity index (χ0n) is 12.0. The molecule has 0 amide bonds. The minimum absolute atomic E-state index is 0.802. The summed E-state index contributed by atoms with van der Waals surface area (Å²) in [6, 6.07) is 10.2. The molecule has 0 spiro atoms. The molecule has 2 heterocycles. The molecule has 0 saturated carbocycles. The molecule has 104 valence electrons. The summed E-state index contributed by atoms with van der Waals surface area (Å²) < 4.78 is 2.17. The van der Waals surface area contributed by atoms with Crippen LogP contribution in [0.15, 0.2) is 35.4 Å². The van der Waals surface area contributed by atoms with Crippen LogP contribution in [0.4, 0.5) is 0 Å². The monoisotopic (exact) mass is 286 g/mol. The molecule has 0 aliphatic carbocycles. The van der Waals surface area contributed by atoms with E-state index in [0.717, 1.165) is 34.8 Å². The van der Waals surface area contributed by atoms with Gasteiger partial charge in [-0.1, -0.05) is 18.2 Å². The van der Waals surface area contributed by atoms with Crippen molar-refractivity contribution in [3.8, 4) is 0 Å². The van der Waals surface area contributed by atoms with E-state index in [1.54, 1.807) is 0 Å². The smallest absolute Gasteiger partial charge is 0.236 e. The minimum atomic E-state index is 0.802. The molecule has 0 radical (unpaired) electrons. The Morgan fingerprint density at radius 3 is 2.75 bits per heavy atom. The molecule has 0 saturated heterocycles. The molecule has 2 aromatic heterocycles. The Bertz CT molecular complexity index is 748. The Labute approximate surface area is 122 Å². The quantitative estimate of drug-likeness (QED) is 0.691. The summed E-state index contributed by atoms with van der Waals surface area (Å²) in [4.78, 5) is 11.4. The number of aromatic nitrogens is 3. The van der Waals surface area contributed by atoms with Gasteiger partial charge in [-0.2, -0.15) is 0 Å². The molecule has 0 bridgehead atoms. The van der Waals surface area contributed by atoms with Crippen LogP contribution in [0.3, 0.4) is 0 Å². The first-order valence-electron chi connectivity index (χ1n) is 6.68. The van der Waals surface area contributed by atoms with E-state index in [0.29, 0.717) is 0 Å². The number of nitrogens with zero attached hydrogens (tertiary/aromatic N) is 4. The van der Waals surface area contributed by atoms with E-state index in [2.05, 4.69) is 46.4 Å². The summed E-state index contributed by atoms with van der Waals surface area (Å²) in [5.74, 6) is 1.85. The lowest BCUT2D eigenvalue weighted by Gasteiger charge is -2.08. The fraction of sp³-hybridized carbons (Fsp3) is 0.333. The van der Waals surface area contributed by atoms with Crippen LogP contribution in [0.2, 0.25) is 0 Å². The first kappa shape index (κ1) is 13.4. The molecule has 1 aromatic carbocycles. The lowest BCUT2D eigenvalue weighted by molar-refractivity contribution is 0.437. The van der Waals surface area contributed by atoms with Gasteiger partial charge in [0.25, 0.3) is 0 Å². The Morgan fingerprint density at radius 1 is 1.15 bits per heavy atom. The second-order valence-corrected chi connectivity index (χ2v) is 6.17. The van der Waals surface area contributed by atoms with Gasteiger partial charge in [0.2, 0.25) is 5.78 Å². The number of hydrogen-bond acceptors (Lipinski definition) is 4. The minimum Gasteiger partial charge on any atom is -0.309 e. The summed E-state index contributed by atoms with van der Waals surface area (Å²) in [6.07, 6.45) is 0. The van der Waals surface area contributed by atoms with Crippen LogP contribution in [0.1, 0.15) is 5.69 Å². The van der Waals surface area contributed by atoms with Crippen LogP contribution in [-0.2, 0) is 0 Å². The first-order chi connectivity index (χ1) is 9.66. The molecule has 0 fully saturated rings. The maximum atomic E-state index is 4.61. The summed E-state index contributed by atoms with van der Waals surface area (Å²) in [5, 5.41) is 1.20. The van der Waals surface area contributed by atoms with Crippen LogP contribution in [-0.4, -0.2) is 45.7 Å². The van der Waals surface area contributed by atoms with Gasteiger partial charge in [0.1, 0.15) is 5.03 Å². The third-order valence-electron chi connectivity index (χ3n) is 3.21. The van der Waals surface area contributed by atoms with Gasteiger partial charge in [0.15, 0.2) is 0 Å². The highest BCUT2D eigenvalue weighted by Crippen LogP contribution is 2.27. The van der Waals surface area contributed by atoms with E-state index >= 15 is 0 Å². The Balaban J connectivity index is 2.08. The van der Waals surface area contributed by atoms with Crippen molar-refractivity contribution in [1.29, 1.82) is 0 Å². The zero-order valence-corrected chi connectivity index (χ0v) is 12.8. The van der Waals surface area contributed by atoms with Crippen LogP contribution < -0.4 is 0 Å². The van der Waals surface area contributed by atoms with Crippen LogP contribution in [0, 0.1) is 6.92 Å². The molecular formula is C15H18N4S. The van der Waals surface area contributed by atoms with Gasteiger partial charge in [0.05, 0.1) is 16.7 Å². The standard InChI is InChI=1S/C15H18N4S/c1-11-14(20-10-9-18(2)3)19-13-8-6-4-5-7-12(13)17-15(19)16-11/h4-8H,9-10H2,1-3H3. The number of hydrogen-bond donors (Lipinski definition) is 0.